The Morgan fingerprint density at radius 3 is 2.29 bits per heavy atom. The van der Waals surface area contributed by atoms with Gasteiger partial charge < -0.3 is 0 Å². The maximum Gasteiger partial charge on any atom is 0.140 e. The molecule has 74 valence electrons. The van der Waals surface area contributed by atoms with Gasteiger partial charge in [0.25, 0.3) is 0 Å². The van der Waals surface area contributed by atoms with Crippen molar-refractivity contribution in [1.29, 1.82) is 0 Å². The van der Waals surface area contributed by atoms with Crippen LogP contribution in [0.1, 0.15) is 41.9 Å². The molecule has 0 heterocycles. The standard InChI is InChI=1S/C13H16O/c1-9-6-10(2)8-11(7-9)12-4-3-5-13(12)14/h6-8,12H,3-5H2,1-2H3/t12-/m1/s1. The van der Waals surface area contributed by atoms with E-state index in [2.05, 4.69) is 32.0 Å². The van der Waals surface area contributed by atoms with Crippen molar-refractivity contribution in [3.05, 3.63) is 34.9 Å². The van der Waals surface area contributed by atoms with Crippen LogP contribution < -0.4 is 0 Å². The Morgan fingerprint density at radius 1 is 1.14 bits per heavy atom. The molecule has 1 saturated carbocycles. The first-order valence-electron chi connectivity index (χ1n) is 5.28. The van der Waals surface area contributed by atoms with Crippen molar-refractivity contribution in [3.8, 4) is 0 Å². The van der Waals surface area contributed by atoms with Crippen molar-refractivity contribution in [3.63, 3.8) is 0 Å². The summed E-state index contributed by atoms with van der Waals surface area (Å²) >= 11 is 0. The molecule has 1 nitrogen and oxygen atoms in total. The van der Waals surface area contributed by atoms with Gasteiger partial charge in [0.15, 0.2) is 0 Å². The van der Waals surface area contributed by atoms with Crippen LogP contribution in [0.15, 0.2) is 18.2 Å². The van der Waals surface area contributed by atoms with Crippen molar-refractivity contribution < 1.29 is 4.79 Å². The van der Waals surface area contributed by atoms with Crippen LogP contribution in [0.2, 0.25) is 0 Å². The minimum Gasteiger partial charge on any atom is -0.299 e. The van der Waals surface area contributed by atoms with Crippen molar-refractivity contribution >= 4 is 5.78 Å². The summed E-state index contributed by atoms with van der Waals surface area (Å²) in [7, 11) is 0. The fourth-order valence-corrected chi connectivity index (χ4v) is 2.38. The van der Waals surface area contributed by atoms with Gasteiger partial charge in [0.1, 0.15) is 5.78 Å². The molecule has 1 atom stereocenters. The van der Waals surface area contributed by atoms with E-state index in [1.807, 2.05) is 0 Å². The molecule has 0 aliphatic heterocycles. The van der Waals surface area contributed by atoms with Crippen molar-refractivity contribution in [2.24, 2.45) is 0 Å². The van der Waals surface area contributed by atoms with E-state index >= 15 is 0 Å². The smallest absolute Gasteiger partial charge is 0.140 e. The Bertz CT molecular complexity index is 345. The highest BCUT2D eigenvalue weighted by atomic mass is 16.1. The molecule has 1 aromatic rings. The summed E-state index contributed by atoms with van der Waals surface area (Å²) in [6, 6.07) is 6.46. The van der Waals surface area contributed by atoms with Gasteiger partial charge in [-0.3, -0.25) is 4.79 Å². The maximum absolute atomic E-state index is 11.6. The maximum atomic E-state index is 11.6. The lowest BCUT2D eigenvalue weighted by Crippen LogP contribution is -2.04. The quantitative estimate of drug-likeness (QED) is 0.661. The molecule has 14 heavy (non-hydrogen) atoms. The third-order valence-electron chi connectivity index (χ3n) is 2.95. The predicted molar refractivity (Wildman–Crippen MR) is 57.5 cm³/mol. The van der Waals surface area contributed by atoms with Gasteiger partial charge >= 0.3 is 0 Å². The van der Waals surface area contributed by atoms with Crippen molar-refractivity contribution in [1.82, 2.24) is 0 Å². The van der Waals surface area contributed by atoms with Crippen LogP contribution in [-0.2, 0) is 4.79 Å². The summed E-state index contributed by atoms with van der Waals surface area (Å²) in [6.07, 6.45) is 2.88. The molecule has 0 aromatic heterocycles. The van der Waals surface area contributed by atoms with Crippen LogP contribution >= 0.6 is 0 Å². The molecular weight excluding hydrogens is 172 g/mol. The van der Waals surface area contributed by atoms with Crippen LogP contribution in [0.4, 0.5) is 0 Å². The van der Waals surface area contributed by atoms with Gasteiger partial charge in [-0.2, -0.15) is 0 Å². The van der Waals surface area contributed by atoms with Crippen LogP contribution in [0, 0.1) is 13.8 Å². The second kappa shape index (κ2) is 3.56. The average Bonchev–Trinajstić information content (AvgIpc) is 2.49. The third-order valence-corrected chi connectivity index (χ3v) is 2.95. The Kier molecular flexibility index (Phi) is 2.40. The Morgan fingerprint density at radius 2 is 1.79 bits per heavy atom. The first-order chi connectivity index (χ1) is 6.66. The van der Waals surface area contributed by atoms with Crippen LogP contribution in [0.5, 0.6) is 0 Å². The fourth-order valence-electron chi connectivity index (χ4n) is 2.38. The van der Waals surface area contributed by atoms with Gasteiger partial charge in [-0.15, -0.1) is 0 Å². The fraction of sp³-hybridized carbons (Fsp3) is 0.462. The van der Waals surface area contributed by atoms with E-state index in [4.69, 9.17) is 0 Å². The number of benzene rings is 1. The number of rotatable bonds is 1. The normalized spacial score (nSPS) is 21.6. The molecule has 1 aliphatic rings. The van der Waals surface area contributed by atoms with Gasteiger partial charge in [-0.25, -0.2) is 0 Å². The lowest BCUT2D eigenvalue weighted by Gasteiger charge is -2.10. The minimum atomic E-state index is 0.189. The first kappa shape index (κ1) is 9.45. The van der Waals surface area contributed by atoms with E-state index in [0.29, 0.717) is 5.78 Å². The zero-order valence-corrected chi connectivity index (χ0v) is 8.84. The largest absolute Gasteiger partial charge is 0.299 e. The topological polar surface area (TPSA) is 17.1 Å². The van der Waals surface area contributed by atoms with E-state index < -0.39 is 0 Å². The summed E-state index contributed by atoms with van der Waals surface area (Å²) in [4.78, 5) is 11.6. The number of ketones is 1. The molecule has 0 radical (unpaired) electrons. The monoisotopic (exact) mass is 188 g/mol. The molecule has 0 spiro atoms. The van der Waals surface area contributed by atoms with Gasteiger partial charge in [-0.1, -0.05) is 29.3 Å². The Labute approximate surface area is 85.1 Å². The average molecular weight is 188 g/mol. The number of carbonyl (C=O) groups is 1. The highest BCUT2D eigenvalue weighted by Crippen LogP contribution is 2.31. The first-order valence-corrected chi connectivity index (χ1v) is 5.28. The van der Waals surface area contributed by atoms with E-state index in [9.17, 15) is 4.79 Å². The zero-order valence-electron chi connectivity index (χ0n) is 8.84. The van der Waals surface area contributed by atoms with Crippen molar-refractivity contribution in [2.75, 3.05) is 0 Å². The molecule has 1 aromatic carbocycles. The summed E-state index contributed by atoms with van der Waals surface area (Å²) < 4.78 is 0. The molecular formula is C13H16O. The summed E-state index contributed by atoms with van der Waals surface area (Å²) in [5, 5.41) is 0. The summed E-state index contributed by atoms with van der Waals surface area (Å²) in [5.41, 5.74) is 3.75. The Balaban J connectivity index is 2.35. The van der Waals surface area contributed by atoms with Crippen LogP contribution in [-0.4, -0.2) is 5.78 Å². The molecule has 0 bridgehead atoms. The highest BCUT2D eigenvalue weighted by Gasteiger charge is 2.25. The van der Waals surface area contributed by atoms with Gasteiger partial charge in [0, 0.05) is 12.3 Å². The van der Waals surface area contributed by atoms with E-state index in [1.165, 1.54) is 16.7 Å². The molecule has 1 aliphatic carbocycles. The minimum absolute atomic E-state index is 0.189. The summed E-state index contributed by atoms with van der Waals surface area (Å²) in [5.74, 6) is 0.614. The van der Waals surface area contributed by atoms with E-state index in [-0.39, 0.29) is 5.92 Å². The summed E-state index contributed by atoms with van der Waals surface area (Å²) in [6.45, 7) is 4.19. The molecule has 1 fully saturated rings. The van der Waals surface area contributed by atoms with Crippen LogP contribution in [0.25, 0.3) is 0 Å². The number of aryl methyl sites for hydroxylation is 2. The van der Waals surface area contributed by atoms with Crippen molar-refractivity contribution in [2.45, 2.75) is 39.0 Å². The molecule has 2 rings (SSSR count). The molecule has 1 heteroatoms. The van der Waals surface area contributed by atoms with Gasteiger partial charge in [0.05, 0.1) is 0 Å². The number of hydrogen-bond acceptors (Lipinski definition) is 1. The second-order valence-electron chi connectivity index (χ2n) is 4.33. The van der Waals surface area contributed by atoms with E-state index in [1.54, 1.807) is 0 Å². The second-order valence-corrected chi connectivity index (χ2v) is 4.33. The van der Waals surface area contributed by atoms with Crippen LogP contribution in [0.3, 0.4) is 0 Å². The van der Waals surface area contributed by atoms with E-state index in [0.717, 1.165) is 19.3 Å². The Hall–Kier alpha value is -1.11. The number of Topliss-reactive ketones (excluding diaryl/α,β-unsaturated/α-hetero) is 1. The molecule has 0 N–H and O–H groups in total. The number of carbonyl (C=O) groups excluding carboxylic acids is 1. The SMILES string of the molecule is Cc1cc(C)cc([C@H]2CCCC2=O)c1. The molecule has 0 saturated heterocycles. The lowest BCUT2D eigenvalue weighted by molar-refractivity contribution is -0.118. The number of hydrogen-bond donors (Lipinski definition) is 0. The highest BCUT2D eigenvalue weighted by molar-refractivity contribution is 5.87. The van der Waals surface area contributed by atoms with Gasteiger partial charge in [0.2, 0.25) is 0 Å². The third kappa shape index (κ3) is 1.72. The zero-order chi connectivity index (χ0) is 10.1. The lowest BCUT2D eigenvalue weighted by atomic mass is 9.94. The molecule has 0 amide bonds. The molecule has 0 unspecified atom stereocenters. The van der Waals surface area contributed by atoms with Gasteiger partial charge in [-0.05, 0) is 32.3 Å². The predicted octanol–water partition coefficient (Wildman–Crippen LogP) is 3.14.